The number of benzene rings is 2. The number of H-pyrrole nitrogens is 1. The Hall–Kier alpha value is -3.76. The van der Waals surface area contributed by atoms with Crippen molar-refractivity contribution in [2.24, 2.45) is 0 Å². The van der Waals surface area contributed by atoms with E-state index in [1.54, 1.807) is 18.9 Å². The fourth-order valence-corrected chi connectivity index (χ4v) is 4.54. The highest BCUT2D eigenvalue weighted by Gasteiger charge is 2.22. The molecule has 4 aromatic rings. The first-order chi connectivity index (χ1) is 17.6. The predicted molar refractivity (Wildman–Crippen MR) is 134 cm³/mol. The van der Waals surface area contributed by atoms with Crippen molar-refractivity contribution in [1.82, 2.24) is 30.1 Å². The molecule has 0 radical (unpaired) electrons. The topological polar surface area (TPSA) is 107 Å². The Morgan fingerprint density at radius 2 is 1.89 bits per heavy atom. The van der Waals surface area contributed by atoms with Gasteiger partial charge in [-0.2, -0.15) is 0 Å². The Bertz CT molecular complexity index is 1360. The van der Waals surface area contributed by atoms with Crippen LogP contribution in [0.25, 0.3) is 10.9 Å². The maximum absolute atomic E-state index is 12.9. The van der Waals surface area contributed by atoms with Crippen molar-refractivity contribution in [1.29, 1.82) is 0 Å². The number of tetrazole rings is 1. The molecule has 1 aliphatic rings. The second-order valence-corrected chi connectivity index (χ2v) is 8.98. The average Bonchev–Trinajstić information content (AvgIpc) is 3.57. The van der Waals surface area contributed by atoms with Gasteiger partial charge in [0.1, 0.15) is 11.5 Å². The Balaban J connectivity index is 1.38. The highest BCUT2D eigenvalue weighted by molar-refractivity contribution is 5.80. The number of pyridine rings is 1. The molecule has 2 aromatic heterocycles. The van der Waals surface area contributed by atoms with E-state index < -0.39 is 0 Å². The van der Waals surface area contributed by atoms with E-state index in [-0.39, 0.29) is 11.7 Å². The minimum absolute atomic E-state index is 0.108. The molecule has 1 N–H and O–H groups in total. The zero-order chi connectivity index (χ0) is 24.9. The van der Waals surface area contributed by atoms with Crippen LogP contribution in [0, 0.1) is 0 Å². The van der Waals surface area contributed by atoms with Gasteiger partial charge in [0, 0.05) is 36.2 Å². The molecular weight excluding hydrogens is 460 g/mol. The molecule has 0 saturated carbocycles. The minimum Gasteiger partial charge on any atom is -0.497 e. The summed E-state index contributed by atoms with van der Waals surface area (Å²) in [5.41, 5.74) is 2.40. The molecule has 0 spiro atoms. The molecule has 0 unspecified atom stereocenters. The number of rotatable bonds is 10. The normalized spacial score (nSPS) is 15.6. The van der Waals surface area contributed by atoms with Crippen molar-refractivity contribution in [3.05, 3.63) is 75.8 Å². The number of hydrogen-bond donors (Lipinski definition) is 1. The van der Waals surface area contributed by atoms with Crippen LogP contribution < -0.4 is 15.0 Å². The molecule has 1 atom stereocenters. The van der Waals surface area contributed by atoms with E-state index in [1.807, 2.05) is 48.5 Å². The maximum Gasteiger partial charge on any atom is 0.252 e. The summed E-state index contributed by atoms with van der Waals surface area (Å²) in [4.78, 5) is 18.1. The molecule has 2 aromatic carbocycles. The van der Waals surface area contributed by atoms with E-state index in [9.17, 15) is 4.79 Å². The first kappa shape index (κ1) is 24.0. The summed E-state index contributed by atoms with van der Waals surface area (Å²) in [5, 5.41) is 13.3. The monoisotopic (exact) mass is 490 g/mol. The van der Waals surface area contributed by atoms with Crippen LogP contribution >= 0.6 is 0 Å². The zero-order valence-corrected chi connectivity index (χ0v) is 20.5. The number of fused-ring (bicyclic) bond motifs is 1. The van der Waals surface area contributed by atoms with Crippen LogP contribution in [0.4, 0.5) is 0 Å². The van der Waals surface area contributed by atoms with Gasteiger partial charge in [0.2, 0.25) is 0 Å². The third-order valence-corrected chi connectivity index (χ3v) is 6.47. The quantitative estimate of drug-likeness (QED) is 0.362. The minimum atomic E-state index is -0.108. The van der Waals surface area contributed by atoms with E-state index in [1.165, 1.54) is 0 Å². The van der Waals surface area contributed by atoms with Gasteiger partial charge in [0.15, 0.2) is 5.82 Å². The van der Waals surface area contributed by atoms with Crippen LogP contribution in [-0.2, 0) is 24.4 Å². The van der Waals surface area contributed by atoms with Gasteiger partial charge in [0.25, 0.3) is 5.56 Å². The van der Waals surface area contributed by atoms with Crippen LogP contribution in [0.1, 0.15) is 29.8 Å². The molecule has 1 fully saturated rings. The van der Waals surface area contributed by atoms with Crippen LogP contribution in [0.3, 0.4) is 0 Å². The maximum atomic E-state index is 12.9. The fraction of sp³-hybridized carbons (Fsp3) is 0.385. The molecule has 1 saturated heterocycles. The SMILES string of the molecule is COc1ccc(Cn2nnnc2CN(Cc2cc3cc(OC)ccc3[nH]c2=O)C[C@@H]2CCCO2)cc1. The molecule has 1 aliphatic heterocycles. The van der Waals surface area contributed by atoms with E-state index in [0.29, 0.717) is 31.7 Å². The van der Waals surface area contributed by atoms with E-state index in [4.69, 9.17) is 14.2 Å². The summed E-state index contributed by atoms with van der Waals surface area (Å²) in [5.74, 6) is 2.27. The highest BCUT2D eigenvalue weighted by atomic mass is 16.5. The number of nitrogens with one attached hydrogen (secondary N) is 1. The lowest BCUT2D eigenvalue weighted by atomic mass is 10.1. The molecule has 10 nitrogen and oxygen atoms in total. The lowest BCUT2D eigenvalue weighted by Crippen LogP contribution is -2.34. The first-order valence-electron chi connectivity index (χ1n) is 12.0. The standard InChI is InChI=1S/C26H30N6O4/c1-34-21-7-5-18(6-8-21)14-32-25(28-29-30-32)17-31(16-23-4-3-11-36-23)15-20-12-19-13-22(35-2)9-10-24(19)27-26(20)33/h5-10,12-13,23H,3-4,11,14-17H2,1-2H3,(H,27,33)/t23-/m0/s1. The van der Waals surface area contributed by atoms with Crippen molar-refractivity contribution in [3.8, 4) is 11.5 Å². The Morgan fingerprint density at radius 1 is 1.08 bits per heavy atom. The summed E-state index contributed by atoms with van der Waals surface area (Å²) < 4.78 is 18.3. The predicted octanol–water partition coefficient (Wildman–Crippen LogP) is 2.76. The molecule has 3 heterocycles. The van der Waals surface area contributed by atoms with E-state index in [0.717, 1.165) is 53.2 Å². The number of ether oxygens (including phenoxy) is 3. The van der Waals surface area contributed by atoms with Gasteiger partial charge in [-0.1, -0.05) is 12.1 Å². The van der Waals surface area contributed by atoms with Crippen LogP contribution in [-0.4, -0.2) is 63.6 Å². The number of methoxy groups -OCH3 is 2. The molecular formula is C26H30N6O4. The van der Waals surface area contributed by atoms with Gasteiger partial charge in [-0.15, -0.1) is 5.10 Å². The first-order valence-corrected chi connectivity index (χ1v) is 12.0. The van der Waals surface area contributed by atoms with Crippen molar-refractivity contribution >= 4 is 10.9 Å². The van der Waals surface area contributed by atoms with E-state index >= 15 is 0 Å². The van der Waals surface area contributed by atoms with Gasteiger partial charge in [-0.3, -0.25) is 9.69 Å². The third kappa shape index (κ3) is 5.55. The van der Waals surface area contributed by atoms with Crippen LogP contribution in [0.5, 0.6) is 11.5 Å². The van der Waals surface area contributed by atoms with Gasteiger partial charge in [-0.05, 0) is 65.2 Å². The number of hydrogen-bond acceptors (Lipinski definition) is 8. The van der Waals surface area contributed by atoms with Crippen molar-refractivity contribution in [2.75, 3.05) is 27.4 Å². The zero-order valence-electron chi connectivity index (χ0n) is 20.5. The summed E-state index contributed by atoms with van der Waals surface area (Å²) in [6.07, 6.45) is 2.17. The van der Waals surface area contributed by atoms with Crippen LogP contribution in [0.15, 0.2) is 53.3 Å². The van der Waals surface area contributed by atoms with Crippen molar-refractivity contribution in [3.63, 3.8) is 0 Å². The molecule has 0 aliphatic carbocycles. The number of aromatic amines is 1. The molecule has 188 valence electrons. The summed E-state index contributed by atoms with van der Waals surface area (Å²) in [6.45, 7) is 2.92. The van der Waals surface area contributed by atoms with Crippen molar-refractivity contribution < 1.29 is 14.2 Å². The number of nitrogens with zero attached hydrogens (tertiary/aromatic N) is 5. The molecule has 36 heavy (non-hydrogen) atoms. The second-order valence-electron chi connectivity index (χ2n) is 8.98. The van der Waals surface area contributed by atoms with Crippen LogP contribution in [0.2, 0.25) is 0 Å². The third-order valence-electron chi connectivity index (χ3n) is 6.47. The Kier molecular flexibility index (Phi) is 7.24. The molecule has 0 amide bonds. The van der Waals surface area contributed by atoms with Gasteiger partial charge < -0.3 is 19.2 Å². The second kappa shape index (κ2) is 10.9. The number of aromatic nitrogens is 5. The van der Waals surface area contributed by atoms with E-state index in [2.05, 4.69) is 25.4 Å². The average molecular weight is 491 g/mol. The van der Waals surface area contributed by atoms with Gasteiger partial charge >= 0.3 is 0 Å². The highest BCUT2D eigenvalue weighted by Crippen LogP contribution is 2.21. The summed E-state index contributed by atoms with van der Waals surface area (Å²) in [7, 11) is 3.28. The molecule has 10 heteroatoms. The summed E-state index contributed by atoms with van der Waals surface area (Å²) >= 11 is 0. The Morgan fingerprint density at radius 3 is 2.64 bits per heavy atom. The fourth-order valence-electron chi connectivity index (χ4n) is 4.54. The lowest BCUT2D eigenvalue weighted by molar-refractivity contribution is 0.0663. The van der Waals surface area contributed by atoms with Crippen molar-refractivity contribution in [2.45, 2.75) is 38.6 Å². The van der Waals surface area contributed by atoms with Gasteiger partial charge in [0.05, 0.1) is 33.4 Å². The molecule has 5 rings (SSSR count). The van der Waals surface area contributed by atoms with Gasteiger partial charge in [-0.25, -0.2) is 4.68 Å². The Labute approximate surface area is 208 Å². The lowest BCUT2D eigenvalue weighted by Gasteiger charge is -2.24. The largest absolute Gasteiger partial charge is 0.497 e. The summed E-state index contributed by atoms with van der Waals surface area (Å²) in [6, 6.07) is 15.4. The molecule has 0 bridgehead atoms. The smallest absolute Gasteiger partial charge is 0.252 e.